The van der Waals surface area contributed by atoms with Gasteiger partial charge in [0.1, 0.15) is 6.54 Å². The molecule has 74 valence electrons. The van der Waals surface area contributed by atoms with E-state index in [0.717, 1.165) is 0 Å². The van der Waals surface area contributed by atoms with Crippen molar-refractivity contribution in [2.75, 3.05) is 33.4 Å². The fourth-order valence-electron chi connectivity index (χ4n) is 1.08. The number of rotatable bonds is 2. The number of aliphatic hydroxyl groups excluding tert-OH is 1. The quantitative estimate of drug-likeness (QED) is 0.548. The molecule has 0 saturated carbocycles. The van der Waals surface area contributed by atoms with E-state index in [2.05, 4.69) is 5.32 Å². The molecular formula is C7H13N3O3. The van der Waals surface area contributed by atoms with Crippen molar-refractivity contribution in [1.82, 2.24) is 15.1 Å². The van der Waals surface area contributed by atoms with Gasteiger partial charge in [0.05, 0.1) is 13.3 Å². The molecule has 0 aliphatic carbocycles. The summed E-state index contributed by atoms with van der Waals surface area (Å²) in [5, 5.41) is 10.9. The molecule has 3 amide bonds. The molecule has 0 aromatic carbocycles. The van der Waals surface area contributed by atoms with Gasteiger partial charge in [-0.15, -0.1) is 0 Å². The lowest BCUT2D eigenvalue weighted by Crippen LogP contribution is -2.40. The van der Waals surface area contributed by atoms with E-state index in [0.29, 0.717) is 6.67 Å². The van der Waals surface area contributed by atoms with Crippen LogP contribution in [0.15, 0.2) is 0 Å². The zero-order valence-corrected chi connectivity index (χ0v) is 7.49. The fraction of sp³-hybridized carbons (Fsp3) is 0.714. The number of nitrogens with one attached hydrogen (secondary N) is 1. The van der Waals surface area contributed by atoms with E-state index in [-0.39, 0.29) is 31.6 Å². The van der Waals surface area contributed by atoms with Crippen molar-refractivity contribution in [3.05, 3.63) is 0 Å². The Labute approximate surface area is 76.1 Å². The molecule has 6 heteroatoms. The Morgan fingerprint density at radius 1 is 1.69 bits per heavy atom. The molecule has 1 aliphatic heterocycles. The average molecular weight is 187 g/mol. The third-order valence-electron chi connectivity index (χ3n) is 1.81. The molecule has 1 heterocycles. The summed E-state index contributed by atoms with van der Waals surface area (Å²) in [6.07, 6.45) is 0. The number of hydrogen-bond acceptors (Lipinski definition) is 3. The van der Waals surface area contributed by atoms with E-state index < -0.39 is 0 Å². The number of nitrogens with zero attached hydrogens (tertiary/aromatic N) is 2. The highest BCUT2D eigenvalue weighted by atomic mass is 16.3. The second kappa shape index (κ2) is 4.08. The standard InChI is InChI=1S/C7H13N3O3/c1-9-5-10(4-6(9)12)7(13)8-2-3-11/h11H,2-5H2,1H3,(H,8,13). The smallest absolute Gasteiger partial charge is 0.319 e. The summed E-state index contributed by atoms with van der Waals surface area (Å²) >= 11 is 0. The van der Waals surface area contributed by atoms with Gasteiger partial charge < -0.3 is 15.3 Å². The van der Waals surface area contributed by atoms with Crippen LogP contribution < -0.4 is 5.32 Å². The molecule has 0 aromatic rings. The van der Waals surface area contributed by atoms with Crippen molar-refractivity contribution in [1.29, 1.82) is 0 Å². The van der Waals surface area contributed by atoms with Crippen LogP contribution in [0, 0.1) is 0 Å². The first-order valence-electron chi connectivity index (χ1n) is 4.02. The van der Waals surface area contributed by atoms with E-state index in [1.54, 1.807) is 7.05 Å². The average Bonchev–Trinajstić information content (AvgIpc) is 2.43. The van der Waals surface area contributed by atoms with E-state index >= 15 is 0 Å². The van der Waals surface area contributed by atoms with Crippen LogP contribution in [-0.4, -0.2) is 60.3 Å². The molecule has 1 fully saturated rings. The Morgan fingerprint density at radius 3 is 2.85 bits per heavy atom. The third-order valence-corrected chi connectivity index (χ3v) is 1.81. The van der Waals surface area contributed by atoms with Crippen LogP contribution >= 0.6 is 0 Å². The van der Waals surface area contributed by atoms with E-state index in [1.165, 1.54) is 9.80 Å². The topological polar surface area (TPSA) is 72.9 Å². The first-order valence-corrected chi connectivity index (χ1v) is 4.02. The van der Waals surface area contributed by atoms with Crippen LogP contribution in [0.25, 0.3) is 0 Å². The molecule has 0 unspecified atom stereocenters. The number of aliphatic hydroxyl groups is 1. The van der Waals surface area contributed by atoms with Crippen molar-refractivity contribution in [2.24, 2.45) is 0 Å². The van der Waals surface area contributed by atoms with Gasteiger partial charge in [0.25, 0.3) is 0 Å². The Hall–Kier alpha value is -1.30. The predicted molar refractivity (Wildman–Crippen MR) is 44.8 cm³/mol. The zero-order chi connectivity index (χ0) is 9.84. The highest BCUT2D eigenvalue weighted by Gasteiger charge is 2.27. The van der Waals surface area contributed by atoms with Crippen LogP contribution in [0.2, 0.25) is 0 Å². The Balaban J connectivity index is 2.37. The maximum Gasteiger partial charge on any atom is 0.319 e. The van der Waals surface area contributed by atoms with Gasteiger partial charge in [-0.2, -0.15) is 0 Å². The van der Waals surface area contributed by atoms with Gasteiger partial charge in [-0.05, 0) is 0 Å². The molecule has 0 radical (unpaired) electrons. The Kier molecular flexibility index (Phi) is 3.07. The van der Waals surface area contributed by atoms with Gasteiger partial charge in [0.15, 0.2) is 0 Å². The van der Waals surface area contributed by atoms with E-state index in [1.807, 2.05) is 0 Å². The molecule has 6 nitrogen and oxygen atoms in total. The van der Waals surface area contributed by atoms with Crippen molar-refractivity contribution < 1.29 is 14.7 Å². The van der Waals surface area contributed by atoms with Crippen LogP contribution in [-0.2, 0) is 4.79 Å². The monoisotopic (exact) mass is 187 g/mol. The van der Waals surface area contributed by atoms with Gasteiger partial charge in [-0.3, -0.25) is 9.69 Å². The molecule has 1 saturated heterocycles. The van der Waals surface area contributed by atoms with Crippen LogP contribution in [0.5, 0.6) is 0 Å². The van der Waals surface area contributed by atoms with Gasteiger partial charge in [0.2, 0.25) is 5.91 Å². The second-order valence-corrected chi connectivity index (χ2v) is 2.89. The first kappa shape index (κ1) is 9.79. The normalized spacial score (nSPS) is 16.6. The first-order chi connectivity index (χ1) is 6.15. The summed E-state index contributed by atoms with van der Waals surface area (Å²) in [6.45, 7) is 0.556. The van der Waals surface area contributed by atoms with Gasteiger partial charge in [0, 0.05) is 13.6 Å². The highest BCUT2D eigenvalue weighted by molar-refractivity contribution is 5.86. The van der Waals surface area contributed by atoms with Crippen molar-refractivity contribution >= 4 is 11.9 Å². The van der Waals surface area contributed by atoms with Gasteiger partial charge >= 0.3 is 6.03 Å². The summed E-state index contributed by atoms with van der Waals surface area (Å²) in [4.78, 5) is 25.1. The number of hydrogen-bond donors (Lipinski definition) is 2. The maximum absolute atomic E-state index is 11.2. The van der Waals surface area contributed by atoms with E-state index in [4.69, 9.17) is 5.11 Å². The molecule has 1 rings (SSSR count). The molecule has 0 spiro atoms. The summed E-state index contributed by atoms with van der Waals surface area (Å²) in [6, 6.07) is -0.313. The maximum atomic E-state index is 11.2. The number of urea groups is 1. The number of amides is 3. The number of carbonyl (C=O) groups excluding carboxylic acids is 2. The lowest BCUT2D eigenvalue weighted by molar-refractivity contribution is -0.125. The van der Waals surface area contributed by atoms with Crippen LogP contribution in [0.3, 0.4) is 0 Å². The van der Waals surface area contributed by atoms with Crippen molar-refractivity contribution in [2.45, 2.75) is 0 Å². The zero-order valence-electron chi connectivity index (χ0n) is 7.49. The third kappa shape index (κ3) is 2.32. The largest absolute Gasteiger partial charge is 0.395 e. The van der Waals surface area contributed by atoms with Crippen molar-refractivity contribution in [3.8, 4) is 0 Å². The lowest BCUT2D eigenvalue weighted by Gasteiger charge is -2.15. The van der Waals surface area contributed by atoms with E-state index in [9.17, 15) is 9.59 Å². The number of likely N-dealkylation sites (N-methyl/N-ethyl adjacent to an activating group) is 1. The minimum Gasteiger partial charge on any atom is -0.395 e. The highest BCUT2D eigenvalue weighted by Crippen LogP contribution is 2.03. The SMILES string of the molecule is CN1CN(C(=O)NCCO)CC1=O. The molecule has 0 atom stereocenters. The van der Waals surface area contributed by atoms with Gasteiger partial charge in [-0.25, -0.2) is 4.79 Å². The van der Waals surface area contributed by atoms with Crippen LogP contribution in [0.4, 0.5) is 4.79 Å². The van der Waals surface area contributed by atoms with Crippen molar-refractivity contribution in [3.63, 3.8) is 0 Å². The summed E-state index contributed by atoms with van der Waals surface area (Å²) < 4.78 is 0. The minimum absolute atomic E-state index is 0.0702. The summed E-state index contributed by atoms with van der Waals surface area (Å²) in [5.41, 5.74) is 0. The summed E-state index contributed by atoms with van der Waals surface area (Å²) in [7, 11) is 1.64. The predicted octanol–water partition coefficient (Wildman–Crippen LogP) is -1.58. The molecule has 0 bridgehead atoms. The molecule has 0 aromatic heterocycles. The molecule has 2 N–H and O–H groups in total. The molecule has 13 heavy (non-hydrogen) atoms. The second-order valence-electron chi connectivity index (χ2n) is 2.89. The fourth-order valence-corrected chi connectivity index (χ4v) is 1.08. The number of carbonyl (C=O) groups is 2. The minimum atomic E-state index is -0.313. The van der Waals surface area contributed by atoms with Crippen LogP contribution in [0.1, 0.15) is 0 Å². The molecular weight excluding hydrogens is 174 g/mol. The Bertz CT molecular complexity index is 219. The van der Waals surface area contributed by atoms with Gasteiger partial charge in [-0.1, -0.05) is 0 Å². The molecule has 1 aliphatic rings. The lowest BCUT2D eigenvalue weighted by atomic mass is 10.6. The Morgan fingerprint density at radius 2 is 2.38 bits per heavy atom. The summed E-state index contributed by atoms with van der Waals surface area (Å²) in [5.74, 6) is -0.0702.